The van der Waals surface area contributed by atoms with E-state index in [0.29, 0.717) is 17.2 Å². The number of rotatable bonds is 5. The molecule has 0 spiro atoms. The molecule has 1 fully saturated rings. The summed E-state index contributed by atoms with van der Waals surface area (Å²) < 4.78 is 24.5. The first kappa shape index (κ1) is 14.3. The molecular weight excluding hydrogens is 245 g/mol. The lowest BCUT2D eigenvalue weighted by molar-refractivity contribution is 0.180. The van der Waals surface area contributed by atoms with Crippen LogP contribution in [0.3, 0.4) is 0 Å². The van der Waals surface area contributed by atoms with Crippen LogP contribution in [0.5, 0.6) is 5.75 Å². The van der Waals surface area contributed by atoms with E-state index in [2.05, 4.69) is 5.32 Å². The topological polar surface area (TPSA) is 30.5 Å². The molecular formula is C15H22FNO2. The van der Waals surface area contributed by atoms with Gasteiger partial charge in [-0.1, -0.05) is 12.1 Å². The highest BCUT2D eigenvalue weighted by Gasteiger charge is 2.19. The second kappa shape index (κ2) is 6.87. The van der Waals surface area contributed by atoms with Gasteiger partial charge in [0.05, 0.1) is 13.7 Å². The molecule has 1 aliphatic heterocycles. The van der Waals surface area contributed by atoms with Crippen molar-refractivity contribution in [3.63, 3.8) is 0 Å². The molecule has 4 heteroatoms. The second-order valence-corrected chi connectivity index (χ2v) is 5.06. The summed E-state index contributed by atoms with van der Waals surface area (Å²) >= 11 is 0. The summed E-state index contributed by atoms with van der Waals surface area (Å²) in [4.78, 5) is 0. The van der Waals surface area contributed by atoms with E-state index >= 15 is 0 Å². The number of halogens is 1. The van der Waals surface area contributed by atoms with Crippen molar-refractivity contribution in [2.45, 2.75) is 25.9 Å². The van der Waals surface area contributed by atoms with Gasteiger partial charge in [0.15, 0.2) is 11.6 Å². The summed E-state index contributed by atoms with van der Waals surface area (Å²) in [6, 6.07) is 3.77. The Balaban J connectivity index is 2.17. The number of benzene rings is 1. The standard InChI is InChI=1S/C15H22FNO2/c1-18-10-13-4-3-12(15(19-2)14(13)16)9-11-5-7-17-8-6-11/h3-4,11,17H,5-10H2,1-2H3. The molecule has 1 aromatic carbocycles. The maximum Gasteiger partial charge on any atom is 0.170 e. The van der Waals surface area contributed by atoms with E-state index in [1.807, 2.05) is 6.07 Å². The molecule has 1 aromatic rings. The first-order chi connectivity index (χ1) is 9.26. The maximum absolute atomic E-state index is 14.3. The zero-order chi connectivity index (χ0) is 13.7. The van der Waals surface area contributed by atoms with Crippen molar-refractivity contribution in [1.82, 2.24) is 5.32 Å². The number of methoxy groups -OCH3 is 2. The van der Waals surface area contributed by atoms with E-state index in [0.717, 1.165) is 37.9 Å². The summed E-state index contributed by atoms with van der Waals surface area (Å²) in [7, 11) is 3.09. The first-order valence-electron chi connectivity index (χ1n) is 6.80. The molecule has 1 aliphatic rings. The molecule has 0 bridgehead atoms. The quantitative estimate of drug-likeness (QED) is 0.889. The van der Waals surface area contributed by atoms with Crippen molar-refractivity contribution < 1.29 is 13.9 Å². The Kier molecular flexibility index (Phi) is 5.16. The van der Waals surface area contributed by atoms with E-state index in [1.54, 1.807) is 13.2 Å². The minimum absolute atomic E-state index is 0.274. The molecule has 0 atom stereocenters. The van der Waals surface area contributed by atoms with Crippen LogP contribution in [-0.4, -0.2) is 27.3 Å². The molecule has 106 valence electrons. The molecule has 0 aliphatic carbocycles. The average molecular weight is 267 g/mol. The van der Waals surface area contributed by atoms with Gasteiger partial charge in [0.2, 0.25) is 0 Å². The molecule has 1 saturated heterocycles. The fourth-order valence-electron chi connectivity index (χ4n) is 2.68. The normalized spacial score (nSPS) is 16.6. The van der Waals surface area contributed by atoms with Crippen LogP contribution in [0.2, 0.25) is 0 Å². The summed E-state index contributed by atoms with van der Waals surface area (Å²) in [6.45, 7) is 2.38. The van der Waals surface area contributed by atoms with E-state index in [1.165, 1.54) is 7.11 Å². The smallest absolute Gasteiger partial charge is 0.170 e. The van der Waals surface area contributed by atoms with Crippen LogP contribution in [-0.2, 0) is 17.8 Å². The highest BCUT2D eigenvalue weighted by atomic mass is 19.1. The molecule has 1 N–H and O–H groups in total. The van der Waals surface area contributed by atoms with Crippen LogP contribution in [0, 0.1) is 11.7 Å². The molecule has 19 heavy (non-hydrogen) atoms. The highest BCUT2D eigenvalue weighted by molar-refractivity contribution is 5.39. The molecule has 0 saturated carbocycles. The summed E-state index contributed by atoms with van der Waals surface area (Å²) in [5.41, 5.74) is 1.51. The second-order valence-electron chi connectivity index (χ2n) is 5.06. The molecule has 0 aromatic heterocycles. The molecule has 3 nitrogen and oxygen atoms in total. The number of piperidine rings is 1. The first-order valence-corrected chi connectivity index (χ1v) is 6.80. The summed E-state index contributed by atoms with van der Waals surface area (Å²) in [5.74, 6) is 0.715. The Hall–Kier alpha value is -1.13. The van der Waals surface area contributed by atoms with Crippen molar-refractivity contribution in [2.75, 3.05) is 27.3 Å². The fraction of sp³-hybridized carbons (Fsp3) is 0.600. The fourth-order valence-corrected chi connectivity index (χ4v) is 2.68. The zero-order valence-corrected chi connectivity index (χ0v) is 11.7. The van der Waals surface area contributed by atoms with Gasteiger partial charge in [0.1, 0.15) is 0 Å². The van der Waals surface area contributed by atoms with Gasteiger partial charge in [-0.15, -0.1) is 0 Å². The molecule has 0 amide bonds. The monoisotopic (exact) mass is 267 g/mol. The van der Waals surface area contributed by atoms with E-state index < -0.39 is 0 Å². The Morgan fingerprint density at radius 3 is 2.53 bits per heavy atom. The van der Waals surface area contributed by atoms with Gasteiger partial charge < -0.3 is 14.8 Å². The number of nitrogens with one attached hydrogen (secondary N) is 1. The van der Waals surface area contributed by atoms with Crippen LogP contribution < -0.4 is 10.1 Å². The van der Waals surface area contributed by atoms with Crippen LogP contribution >= 0.6 is 0 Å². The predicted octanol–water partition coefficient (Wildman–Crippen LogP) is 2.52. The van der Waals surface area contributed by atoms with E-state index in [-0.39, 0.29) is 12.4 Å². The molecule has 0 radical (unpaired) electrons. The van der Waals surface area contributed by atoms with Crippen LogP contribution in [0.25, 0.3) is 0 Å². The van der Waals surface area contributed by atoms with Crippen molar-refractivity contribution >= 4 is 0 Å². The Labute approximate surface area is 114 Å². The lowest BCUT2D eigenvalue weighted by Gasteiger charge is -2.23. The molecule has 0 unspecified atom stereocenters. The van der Waals surface area contributed by atoms with Gasteiger partial charge in [-0.2, -0.15) is 0 Å². The lowest BCUT2D eigenvalue weighted by Crippen LogP contribution is -2.28. The Morgan fingerprint density at radius 1 is 1.21 bits per heavy atom. The minimum Gasteiger partial charge on any atom is -0.493 e. The third-order valence-electron chi connectivity index (χ3n) is 3.73. The molecule has 1 heterocycles. The number of ether oxygens (including phenoxy) is 2. The van der Waals surface area contributed by atoms with Gasteiger partial charge in [-0.05, 0) is 43.8 Å². The maximum atomic E-state index is 14.3. The lowest BCUT2D eigenvalue weighted by atomic mass is 9.90. The summed E-state index contributed by atoms with van der Waals surface area (Å²) in [5, 5.41) is 3.34. The SMILES string of the molecule is COCc1ccc(CC2CCNCC2)c(OC)c1F. The van der Waals surface area contributed by atoms with Gasteiger partial charge in [0.25, 0.3) is 0 Å². The Bertz CT molecular complexity index is 417. The van der Waals surface area contributed by atoms with Crippen molar-refractivity contribution in [2.24, 2.45) is 5.92 Å². The Morgan fingerprint density at radius 2 is 1.89 bits per heavy atom. The third-order valence-corrected chi connectivity index (χ3v) is 3.73. The van der Waals surface area contributed by atoms with Crippen molar-refractivity contribution in [1.29, 1.82) is 0 Å². The molecule has 2 rings (SSSR count). The van der Waals surface area contributed by atoms with E-state index in [4.69, 9.17) is 9.47 Å². The number of hydrogen-bond acceptors (Lipinski definition) is 3. The average Bonchev–Trinajstić information content (AvgIpc) is 2.43. The van der Waals surface area contributed by atoms with Crippen LogP contribution in [0.15, 0.2) is 12.1 Å². The third kappa shape index (κ3) is 3.45. The van der Waals surface area contributed by atoms with Gasteiger partial charge in [-0.25, -0.2) is 4.39 Å². The van der Waals surface area contributed by atoms with Crippen LogP contribution in [0.1, 0.15) is 24.0 Å². The number of hydrogen-bond donors (Lipinski definition) is 1. The van der Waals surface area contributed by atoms with Crippen LogP contribution in [0.4, 0.5) is 4.39 Å². The minimum atomic E-state index is -0.282. The van der Waals surface area contributed by atoms with Crippen molar-refractivity contribution in [3.05, 3.63) is 29.1 Å². The van der Waals surface area contributed by atoms with Gasteiger partial charge >= 0.3 is 0 Å². The predicted molar refractivity (Wildman–Crippen MR) is 73.0 cm³/mol. The largest absolute Gasteiger partial charge is 0.493 e. The highest BCUT2D eigenvalue weighted by Crippen LogP contribution is 2.30. The van der Waals surface area contributed by atoms with E-state index in [9.17, 15) is 4.39 Å². The zero-order valence-electron chi connectivity index (χ0n) is 11.7. The van der Waals surface area contributed by atoms with Gasteiger partial charge in [-0.3, -0.25) is 0 Å². The summed E-state index contributed by atoms with van der Waals surface area (Å²) in [6.07, 6.45) is 3.17. The van der Waals surface area contributed by atoms with Gasteiger partial charge in [0, 0.05) is 12.7 Å². The van der Waals surface area contributed by atoms with Crippen molar-refractivity contribution in [3.8, 4) is 5.75 Å².